The molecule has 0 aliphatic carbocycles. The molecule has 3 aliphatic rings. The number of ketones is 1. The molecule has 0 saturated carbocycles. The zero-order chi connectivity index (χ0) is 23.9. The zero-order valence-corrected chi connectivity index (χ0v) is 19.6. The predicted octanol–water partition coefficient (Wildman–Crippen LogP) is 3.59. The number of carbonyl (C=O) groups is 1. The molecule has 1 fully saturated rings. The fourth-order valence-electron chi connectivity index (χ4n) is 5.81. The first-order valence-corrected chi connectivity index (χ1v) is 12.2. The van der Waals surface area contributed by atoms with Crippen LogP contribution in [0.1, 0.15) is 41.1 Å². The number of nitroso groups, excluding NO2 is 1. The van der Waals surface area contributed by atoms with Crippen molar-refractivity contribution < 1.29 is 19.1 Å². The summed E-state index contributed by atoms with van der Waals surface area (Å²) in [5, 5.41) is 0.676. The molecule has 35 heavy (non-hydrogen) atoms. The fraction of sp³-hybridized carbons (Fsp3) is 0.423. The highest BCUT2D eigenvalue weighted by Crippen LogP contribution is 2.46. The highest BCUT2D eigenvalue weighted by molar-refractivity contribution is 6.10. The van der Waals surface area contributed by atoms with Crippen molar-refractivity contribution in [3.05, 3.63) is 58.9 Å². The number of nitrogens with one attached hydrogen (secondary N) is 1. The van der Waals surface area contributed by atoms with E-state index in [4.69, 9.17) is 9.47 Å². The van der Waals surface area contributed by atoms with E-state index in [0.717, 1.165) is 50.6 Å². The molecule has 9 heteroatoms. The first-order valence-electron chi connectivity index (χ1n) is 12.2. The SMILES string of the molecule is COc1cccc2c1[C@@H]1CN(CCCCC3C(=O)c4ccc5ncncc5c4N[N+]3=O)C[C@H]1CO2. The number of nitrogens with zero attached hydrogens (tertiary/aromatic N) is 4. The Bertz CT molecular complexity index is 1300. The van der Waals surface area contributed by atoms with Gasteiger partial charge in [-0.05, 0) is 43.7 Å². The van der Waals surface area contributed by atoms with Gasteiger partial charge in [0.15, 0.2) is 0 Å². The molecule has 0 bridgehead atoms. The van der Waals surface area contributed by atoms with Gasteiger partial charge in [0.25, 0.3) is 6.04 Å². The number of ether oxygens (including phenoxy) is 2. The Morgan fingerprint density at radius 2 is 2.14 bits per heavy atom. The molecule has 3 aromatic rings. The van der Waals surface area contributed by atoms with E-state index in [1.165, 1.54) is 11.9 Å². The van der Waals surface area contributed by atoms with Crippen LogP contribution < -0.4 is 14.9 Å². The molecule has 0 radical (unpaired) electrons. The summed E-state index contributed by atoms with van der Waals surface area (Å²) in [6, 6.07) is 8.83. The lowest BCUT2D eigenvalue weighted by Crippen LogP contribution is -2.41. The minimum absolute atomic E-state index is 0.146. The summed E-state index contributed by atoms with van der Waals surface area (Å²) < 4.78 is 11.6. The van der Waals surface area contributed by atoms with Gasteiger partial charge in [0.1, 0.15) is 28.4 Å². The number of rotatable bonds is 6. The van der Waals surface area contributed by atoms with E-state index in [0.29, 0.717) is 45.3 Å². The van der Waals surface area contributed by atoms with Crippen LogP contribution in [0.15, 0.2) is 42.9 Å². The number of fused-ring (bicyclic) bond motifs is 6. The van der Waals surface area contributed by atoms with Gasteiger partial charge in [0.05, 0.1) is 29.7 Å². The molecule has 1 N–H and O–H groups in total. The third kappa shape index (κ3) is 3.80. The molecule has 1 aromatic heterocycles. The smallest absolute Gasteiger partial charge is 0.296 e. The largest absolute Gasteiger partial charge is 0.496 e. The predicted molar refractivity (Wildman–Crippen MR) is 130 cm³/mol. The number of Topliss-reactive ketones (excluding diaryl/α,β-unsaturated/α-hetero) is 1. The molecule has 9 nitrogen and oxygen atoms in total. The normalized spacial score (nSPS) is 23.3. The first-order chi connectivity index (χ1) is 17.1. The average molecular weight is 475 g/mol. The molecule has 0 amide bonds. The summed E-state index contributed by atoms with van der Waals surface area (Å²) in [4.78, 5) is 37.2. The second-order valence-corrected chi connectivity index (χ2v) is 9.57. The van der Waals surface area contributed by atoms with E-state index < -0.39 is 6.04 Å². The molecule has 4 heterocycles. The van der Waals surface area contributed by atoms with Gasteiger partial charge < -0.3 is 14.4 Å². The molecule has 1 saturated heterocycles. The Labute approximate surface area is 203 Å². The monoisotopic (exact) mass is 474 g/mol. The Kier molecular flexibility index (Phi) is 5.56. The van der Waals surface area contributed by atoms with Crippen molar-refractivity contribution in [2.75, 3.05) is 38.8 Å². The lowest BCUT2D eigenvalue weighted by atomic mass is 9.86. The van der Waals surface area contributed by atoms with Crippen molar-refractivity contribution in [2.24, 2.45) is 5.92 Å². The van der Waals surface area contributed by atoms with Crippen LogP contribution >= 0.6 is 0 Å². The summed E-state index contributed by atoms with van der Waals surface area (Å²) in [6.45, 7) is 3.63. The van der Waals surface area contributed by atoms with Gasteiger partial charge >= 0.3 is 0 Å². The number of anilines is 1. The summed E-state index contributed by atoms with van der Waals surface area (Å²) in [7, 11) is 1.71. The molecule has 1 unspecified atom stereocenters. The standard InChI is InChI=1S/C26H27N5O4/c1-34-22-6-4-7-23-24(22)19-13-30(12-16(19)14-35-23)10-3-2-5-21-26(32)17-8-9-20-18(11-27-15-28-20)25(17)29-31(21)33/h4,6-9,11,15-16,19,21H,2-3,5,10,12-14H2,1H3/p+1/t16-,19+,21?/m0/s1. The lowest BCUT2D eigenvalue weighted by molar-refractivity contribution is -0.544. The summed E-state index contributed by atoms with van der Waals surface area (Å²) in [5.41, 5.74) is 5.77. The number of hydrazine groups is 1. The van der Waals surface area contributed by atoms with Crippen LogP contribution in [-0.2, 0) is 0 Å². The summed E-state index contributed by atoms with van der Waals surface area (Å²) >= 11 is 0. The van der Waals surface area contributed by atoms with Gasteiger partial charge in [-0.2, -0.15) is 0 Å². The number of aromatic nitrogens is 2. The van der Waals surface area contributed by atoms with E-state index in [-0.39, 0.29) is 5.78 Å². The second kappa shape index (κ2) is 8.88. The van der Waals surface area contributed by atoms with Crippen LogP contribution in [0, 0.1) is 10.8 Å². The molecular formula is C26H28N5O4+. The number of hydrogen-bond donors (Lipinski definition) is 1. The number of likely N-dealkylation sites (tertiary alicyclic amines) is 1. The summed E-state index contributed by atoms with van der Waals surface area (Å²) in [5.74, 6) is 2.55. The average Bonchev–Trinajstić information content (AvgIpc) is 3.31. The van der Waals surface area contributed by atoms with Crippen LogP contribution in [0.5, 0.6) is 11.5 Å². The Morgan fingerprint density at radius 3 is 3.03 bits per heavy atom. The number of methoxy groups -OCH3 is 1. The minimum Gasteiger partial charge on any atom is -0.496 e. The van der Waals surface area contributed by atoms with Gasteiger partial charge in [0.2, 0.25) is 5.78 Å². The molecule has 180 valence electrons. The van der Waals surface area contributed by atoms with Crippen molar-refractivity contribution in [3.63, 3.8) is 0 Å². The quantitative estimate of drug-likeness (QED) is 0.428. The van der Waals surface area contributed by atoms with Gasteiger partial charge in [-0.1, -0.05) is 6.07 Å². The number of carbonyl (C=O) groups excluding carboxylic acids is 1. The number of hydrogen-bond acceptors (Lipinski definition) is 7. The molecule has 6 rings (SSSR count). The minimum atomic E-state index is -0.727. The molecule has 2 aromatic carbocycles. The van der Waals surface area contributed by atoms with Crippen LogP contribution in [-0.4, -0.2) is 64.9 Å². The Balaban J connectivity index is 1.07. The van der Waals surface area contributed by atoms with Crippen molar-refractivity contribution >= 4 is 22.4 Å². The zero-order valence-electron chi connectivity index (χ0n) is 19.6. The maximum absolute atomic E-state index is 13.1. The topological polar surface area (TPSA) is 96.7 Å². The van der Waals surface area contributed by atoms with E-state index in [1.54, 1.807) is 25.4 Å². The second-order valence-electron chi connectivity index (χ2n) is 9.57. The summed E-state index contributed by atoms with van der Waals surface area (Å²) in [6.07, 6.45) is 5.32. The van der Waals surface area contributed by atoms with Gasteiger partial charge in [0, 0.05) is 48.5 Å². The highest BCUT2D eigenvalue weighted by atomic mass is 16.5. The van der Waals surface area contributed by atoms with Crippen molar-refractivity contribution in [3.8, 4) is 11.5 Å². The lowest BCUT2D eigenvalue weighted by Gasteiger charge is -2.29. The van der Waals surface area contributed by atoms with Gasteiger partial charge in [-0.3, -0.25) is 4.79 Å². The third-order valence-corrected chi connectivity index (χ3v) is 7.55. The van der Waals surface area contributed by atoms with Crippen LogP contribution in [0.25, 0.3) is 10.9 Å². The number of unbranched alkanes of at least 4 members (excludes halogenated alkanes) is 1. The van der Waals surface area contributed by atoms with E-state index in [9.17, 15) is 9.70 Å². The Hall–Kier alpha value is -3.59. The van der Waals surface area contributed by atoms with Crippen molar-refractivity contribution in [1.29, 1.82) is 0 Å². The fourth-order valence-corrected chi connectivity index (χ4v) is 5.81. The van der Waals surface area contributed by atoms with Crippen molar-refractivity contribution in [1.82, 2.24) is 14.9 Å². The van der Waals surface area contributed by atoms with E-state index >= 15 is 0 Å². The number of benzene rings is 2. The Morgan fingerprint density at radius 1 is 1.23 bits per heavy atom. The maximum atomic E-state index is 13.1. The van der Waals surface area contributed by atoms with Crippen molar-refractivity contribution in [2.45, 2.75) is 31.2 Å². The van der Waals surface area contributed by atoms with Crippen LogP contribution in [0.4, 0.5) is 5.69 Å². The third-order valence-electron chi connectivity index (χ3n) is 7.55. The van der Waals surface area contributed by atoms with E-state index in [2.05, 4.69) is 20.3 Å². The molecule has 3 aliphatic heterocycles. The molecule has 0 spiro atoms. The first kappa shape index (κ1) is 21.9. The maximum Gasteiger partial charge on any atom is 0.296 e. The molecule has 3 atom stereocenters. The van der Waals surface area contributed by atoms with Gasteiger partial charge in [-0.15, -0.1) is 5.43 Å². The molecular weight excluding hydrogens is 446 g/mol. The van der Waals surface area contributed by atoms with Crippen LogP contribution in [0.2, 0.25) is 0 Å². The highest BCUT2D eigenvalue weighted by Gasteiger charge is 2.42. The van der Waals surface area contributed by atoms with E-state index in [1.807, 2.05) is 18.2 Å². The van der Waals surface area contributed by atoms with Gasteiger partial charge in [-0.25, -0.2) is 9.97 Å². The van der Waals surface area contributed by atoms with Crippen LogP contribution in [0.3, 0.4) is 0 Å².